The van der Waals surface area contributed by atoms with Crippen molar-refractivity contribution in [1.82, 2.24) is 9.88 Å². The van der Waals surface area contributed by atoms with Crippen molar-refractivity contribution in [2.24, 2.45) is 0 Å². The third-order valence-corrected chi connectivity index (χ3v) is 5.60. The molecule has 1 aromatic heterocycles. The third-order valence-electron chi connectivity index (χ3n) is 5.60. The molecule has 4 rings (SSSR count). The lowest BCUT2D eigenvalue weighted by atomic mass is 10.1. The Kier molecular flexibility index (Phi) is 8.06. The van der Waals surface area contributed by atoms with Gasteiger partial charge in [0.2, 0.25) is 0 Å². The molecule has 11 heteroatoms. The van der Waals surface area contributed by atoms with Crippen LogP contribution in [-0.4, -0.2) is 74.1 Å². The first-order valence-corrected chi connectivity index (χ1v) is 10.9. The summed E-state index contributed by atoms with van der Waals surface area (Å²) in [5.41, 5.74) is 3.34. The Labute approximate surface area is 190 Å². The van der Waals surface area contributed by atoms with Crippen molar-refractivity contribution in [2.75, 3.05) is 57.6 Å². The number of rotatable bonds is 7. The van der Waals surface area contributed by atoms with E-state index >= 15 is 0 Å². The van der Waals surface area contributed by atoms with Gasteiger partial charge in [-0.05, 0) is 44.8 Å². The van der Waals surface area contributed by atoms with Crippen LogP contribution in [0, 0.1) is 0 Å². The van der Waals surface area contributed by atoms with Gasteiger partial charge in [0.05, 0.1) is 24.9 Å². The number of hydrogen-bond donors (Lipinski definition) is 3. The molecule has 3 heterocycles. The number of aromatic nitrogens is 1. The minimum Gasteiger partial charge on any atom is -0.493 e. The lowest BCUT2D eigenvalue weighted by Gasteiger charge is -2.17. The van der Waals surface area contributed by atoms with Crippen LogP contribution in [0.15, 0.2) is 12.1 Å². The summed E-state index contributed by atoms with van der Waals surface area (Å²) in [5.74, 6) is -0.266. The molecule has 3 N–H and O–H groups in total. The number of benzene rings is 1. The summed E-state index contributed by atoms with van der Waals surface area (Å²) in [6, 6.07) is 4.06. The van der Waals surface area contributed by atoms with E-state index in [2.05, 4.69) is 21.6 Å². The molecule has 1 fully saturated rings. The van der Waals surface area contributed by atoms with Gasteiger partial charge in [-0.3, -0.25) is 0 Å². The van der Waals surface area contributed by atoms with Crippen LogP contribution in [0.5, 0.6) is 11.5 Å². The van der Waals surface area contributed by atoms with Crippen LogP contribution in [0.4, 0.5) is 24.7 Å². The van der Waals surface area contributed by atoms with E-state index < -0.39 is 12.1 Å². The molecular formula is C22H29F3N4O4. The van der Waals surface area contributed by atoms with Gasteiger partial charge in [0, 0.05) is 37.2 Å². The number of likely N-dealkylation sites (tertiary alicyclic amines) is 1. The fraction of sp³-hybridized carbons (Fsp3) is 0.545. The molecule has 0 aliphatic carbocycles. The predicted octanol–water partition coefficient (Wildman–Crippen LogP) is 3.75. The van der Waals surface area contributed by atoms with Crippen LogP contribution in [0.1, 0.15) is 24.8 Å². The van der Waals surface area contributed by atoms with Crippen LogP contribution in [0.2, 0.25) is 0 Å². The summed E-state index contributed by atoms with van der Waals surface area (Å²) in [7, 11) is 3.62. The third kappa shape index (κ3) is 6.10. The number of aliphatic carboxylic acids is 1. The molecule has 2 aliphatic rings. The Morgan fingerprint density at radius 2 is 1.97 bits per heavy atom. The SMILES string of the molecule is CNc1nc2cc(OCCCN3CCCC3)c(OC)cc2c2c1CCN2.O=C(O)C(F)(F)F. The Bertz CT molecular complexity index is 978. The summed E-state index contributed by atoms with van der Waals surface area (Å²) < 4.78 is 43.4. The Morgan fingerprint density at radius 1 is 1.27 bits per heavy atom. The molecular weight excluding hydrogens is 441 g/mol. The number of halogens is 3. The first kappa shape index (κ1) is 24.7. The van der Waals surface area contributed by atoms with Gasteiger partial charge < -0.3 is 30.1 Å². The van der Waals surface area contributed by atoms with Gasteiger partial charge in [0.25, 0.3) is 0 Å². The molecule has 0 radical (unpaired) electrons. The predicted molar refractivity (Wildman–Crippen MR) is 120 cm³/mol. The van der Waals surface area contributed by atoms with Crippen molar-refractivity contribution in [2.45, 2.75) is 31.9 Å². The summed E-state index contributed by atoms with van der Waals surface area (Å²) in [6.07, 6.45) is -0.401. The molecule has 0 amide bonds. The molecule has 0 spiro atoms. The van der Waals surface area contributed by atoms with Gasteiger partial charge >= 0.3 is 12.1 Å². The first-order chi connectivity index (χ1) is 15.7. The van der Waals surface area contributed by atoms with E-state index in [0.29, 0.717) is 6.61 Å². The molecule has 0 bridgehead atoms. The molecule has 0 saturated carbocycles. The number of carboxylic acid groups (broad SMARTS) is 1. The Balaban J connectivity index is 0.000000383. The smallest absolute Gasteiger partial charge is 0.490 e. The Morgan fingerprint density at radius 3 is 2.58 bits per heavy atom. The van der Waals surface area contributed by atoms with Gasteiger partial charge in [-0.15, -0.1) is 0 Å². The van der Waals surface area contributed by atoms with Crippen LogP contribution in [-0.2, 0) is 11.2 Å². The molecule has 2 aliphatic heterocycles. The normalized spacial score (nSPS) is 15.4. The number of methoxy groups -OCH3 is 1. The second-order valence-electron chi connectivity index (χ2n) is 7.81. The van der Waals surface area contributed by atoms with E-state index in [4.69, 9.17) is 24.4 Å². The lowest BCUT2D eigenvalue weighted by molar-refractivity contribution is -0.192. The fourth-order valence-corrected chi connectivity index (χ4v) is 4.02. The van der Waals surface area contributed by atoms with Crippen molar-refractivity contribution in [3.05, 3.63) is 17.7 Å². The lowest BCUT2D eigenvalue weighted by Crippen LogP contribution is -2.21. The highest BCUT2D eigenvalue weighted by molar-refractivity contribution is 5.98. The van der Waals surface area contributed by atoms with Crippen LogP contribution < -0.4 is 20.1 Å². The van der Waals surface area contributed by atoms with E-state index in [-0.39, 0.29) is 0 Å². The maximum atomic E-state index is 10.6. The molecule has 1 saturated heterocycles. The van der Waals surface area contributed by atoms with E-state index in [1.54, 1.807) is 7.11 Å². The zero-order chi connectivity index (χ0) is 24.0. The number of nitrogens with one attached hydrogen (secondary N) is 2. The Hall–Kier alpha value is -2.95. The molecule has 2 aromatic rings. The number of fused-ring (bicyclic) bond motifs is 3. The van der Waals surface area contributed by atoms with Crippen molar-refractivity contribution < 1.29 is 32.5 Å². The molecule has 0 unspecified atom stereocenters. The van der Waals surface area contributed by atoms with E-state index in [1.165, 1.54) is 37.2 Å². The zero-order valence-electron chi connectivity index (χ0n) is 18.7. The van der Waals surface area contributed by atoms with E-state index in [0.717, 1.165) is 54.2 Å². The number of carboxylic acids is 1. The fourth-order valence-electron chi connectivity index (χ4n) is 4.02. The van der Waals surface area contributed by atoms with Crippen LogP contribution in [0.3, 0.4) is 0 Å². The number of alkyl halides is 3. The van der Waals surface area contributed by atoms with Gasteiger partial charge in [0.15, 0.2) is 11.5 Å². The van der Waals surface area contributed by atoms with Crippen LogP contribution >= 0.6 is 0 Å². The number of ether oxygens (including phenoxy) is 2. The number of hydrogen-bond acceptors (Lipinski definition) is 7. The van der Waals surface area contributed by atoms with E-state index in [1.807, 2.05) is 13.1 Å². The quantitative estimate of drug-likeness (QED) is 0.527. The molecule has 0 atom stereocenters. The minimum atomic E-state index is -5.08. The second kappa shape index (κ2) is 10.8. The number of pyridine rings is 1. The van der Waals surface area contributed by atoms with Gasteiger partial charge in [-0.1, -0.05) is 0 Å². The highest BCUT2D eigenvalue weighted by atomic mass is 19.4. The summed E-state index contributed by atoms with van der Waals surface area (Å²) in [4.78, 5) is 16.2. The standard InChI is InChI=1S/C20H28N4O2.C2HF3O2/c1-21-20-14-6-7-22-19(14)15-12-17(25-2)18(13-16(15)23-20)26-11-5-10-24-8-3-4-9-24;3-2(4,5)1(6)7/h12-13,22H,3-11H2,1-2H3,(H,21,23);(H,6,7). The highest BCUT2D eigenvalue weighted by Crippen LogP contribution is 2.40. The first-order valence-electron chi connectivity index (χ1n) is 10.9. The van der Waals surface area contributed by atoms with Crippen molar-refractivity contribution >= 4 is 28.4 Å². The molecule has 8 nitrogen and oxygen atoms in total. The zero-order valence-corrected chi connectivity index (χ0v) is 18.7. The maximum Gasteiger partial charge on any atom is 0.490 e. The number of nitrogens with zero attached hydrogens (tertiary/aromatic N) is 2. The van der Waals surface area contributed by atoms with Crippen LogP contribution in [0.25, 0.3) is 10.9 Å². The largest absolute Gasteiger partial charge is 0.493 e. The summed E-state index contributed by atoms with van der Waals surface area (Å²) in [5, 5.41) is 14.9. The number of anilines is 2. The average molecular weight is 470 g/mol. The second-order valence-corrected chi connectivity index (χ2v) is 7.81. The van der Waals surface area contributed by atoms with Crippen molar-refractivity contribution in [3.63, 3.8) is 0 Å². The monoisotopic (exact) mass is 470 g/mol. The topological polar surface area (TPSA) is 96.0 Å². The summed E-state index contributed by atoms with van der Waals surface area (Å²) in [6.45, 7) is 5.21. The van der Waals surface area contributed by atoms with Crippen molar-refractivity contribution in [3.8, 4) is 11.5 Å². The molecule has 33 heavy (non-hydrogen) atoms. The van der Waals surface area contributed by atoms with E-state index in [9.17, 15) is 13.2 Å². The maximum absolute atomic E-state index is 10.6. The molecule has 182 valence electrons. The molecule has 1 aromatic carbocycles. The van der Waals surface area contributed by atoms with Gasteiger partial charge in [-0.2, -0.15) is 13.2 Å². The average Bonchev–Trinajstić information content (AvgIpc) is 3.47. The summed E-state index contributed by atoms with van der Waals surface area (Å²) >= 11 is 0. The van der Waals surface area contributed by atoms with Crippen molar-refractivity contribution in [1.29, 1.82) is 0 Å². The van der Waals surface area contributed by atoms with Gasteiger partial charge in [0.1, 0.15) is 5.82 Å². The van der Waals surface area contributed by atoms with Gasteiger partial charge in [-0.25, -0.2) is 9.78 Å². The minimum absolute atomic E-state index is 0.695. The highest BCUT2D eigenvalue weighted by Gasteiger charge is 2.38. The number of carbonyl (C=O) groups is 1.